The minimum atomic E-state index is 0.861. The van der Waals surface area contributed by atoms with Crippen LogP contribution in [0.25, 0.3) is 17.2 Å². The van der Waals surface area contributed by atoms with E-state index in [9.17, 15) is 0 Å². The third-order valence-electron chi connectivity index (χ3n) is 5.51. The molecule has 2 aliphatic rings. The van der Waals surface area contributed by atoms with E-state index >= 15 is 0 Å². The van der Waals surface area contributed by atoms with Gasteiger partial charge in [0.1, 0.15) is 0 Å². The van der Waals surface area contributed by atoms with E-state index in [0.29, 0.717) is 0 Å². The largest absolute Gasteiger partial charge is 0.366 e. The molecule has 2 aromatic carbocycles. The summed E-state index contributed by atoms with van der Waals surface area (Å²) < 4.78 is 0. The number of aryl methyl sites for hydroxylation is 1. The summed E-state index contributed by atoms with van der Waals surface area (Å²) in [7, 11) is 2.11. The molecule has 2 nitrogen and oxygen atoms in total. The summed E-state index contributed by atoms with van der Waals surface area (Å²) in [5.41, 5.74) is 11.3. The van der Waals surface area contributed by atoms with Crippen molar-refractivity contribution in [1.82, 2.24) is 0 Å². The molecule has 0 amide bonds. The standard InChI is InChI=1S/C25H26N2/c1-5-19-9-10-20(14-18(19)3)23-13-17(2)7-6-8-22(23)21-11-12-25-24(15-21)26-16-27(25)4/h5-6,8-12,14-15,26H,1-2,7,13,16H2,3-4H3. The van der Waals surface area contributed by atoms with E-state index in [4.69, 9.17) is 0 Å². The Labute approximate surface area is 162 Å². The van der Waals surface area contributed by atoms with Crippen molar-refractivity contribution in [3.8, 4) is 0 Å². The van der Waals surface area contributed by atoms with E-state index in [2.05, 4.69) is 85.9 Å². The van der Waals surface area contributed by atoms with Gasteiger partial charge >= 0.3 is 0 Å². The van der Waals surface area contributed by atoms with Crippen molar-refractivity contribution >= 4 is 28.6 Å². The molecule has 0 fully saturated rings. The second-order valence-corrected chi connectivity index (χ2v) is 7.47. The molecular weight excluding hydrogens is 328 g/mol. The Morgan fingerprint density at radius 3 is 2.70 bits per heavy atom. The summed E-state index contributed by atoms with van der Waals surface area (Å²) in [5, 5.41) is 3.48. The van der Waals surface area contributed by atoms with Crippen molar-refractivity contribution < 1.29 is 0 Å². The first-order chi connectivity index (χ1) is 13.1. The number of hydrogen-bond donors (Lipinski definition) is 1. The molecule has 0 atom stereocenters. The van der Waals surface area contributed by atoms with Crippen LogP contribution in [0.5, 0.6) is 0 Å². The van der Waals surface area contributed by atoms with Crippen molar-refractivity contribution in [2.45, 2.75) is 19.8 Å². The van der Waals surface area contributed by atoms with Gasteiger partial charge in [-0.1, -0.05) is 61.2 Å². The molecule has 1 aliphatic carbocycles. The third kappa shape index (κ3) is 3.23. The molecule has 2 aromatic rings. The molecule has 4 rings (SSSR count). The fourth-order valence-electron chi connectivity index (χ4n) is 3.95. The van der Waals surface area contributed by atoms with E-state index in [0.717, 1.165) is 19.5 Å². The lowest BCUT2D eigenvalue weighted by molar-refractivity contribution is 1.03. The van der Waals surface area contributed by atoms with Gasteiger partial charge in [-0.3, -0.25) is 0 Å². The molecule has 2 heteroatoms. The fourth-order valence-corrected chi connectivity index (χ4v) is 3.95. The van der Waals surface area contributed by atoms with Crippen LogP contribution in [0.4, 0.5) is 11.4 Å². The average Bonchev–Trinajstić information content (AvgIpc) is 2.92. The molecule has 0 bridgehead atoms. The van der Waals surface area contributed by atoms with Crippen molar-refractivity contribution in [2.24, 2.45) is 0 Å². The van der Waals surface area contributed by atoms with E-state index in [1.54, 1.807) is 0 Å². The topological polar surface area (TPSA) is 15.3 Å². The molecule has 1 N–H and O–H groups in total. The van der Waals surface area contributed by atoms with Crippen LogP contribution < -0.4 is 10.2 Å². The zero-order chi connectivity index (χ0) is 19.0. The summed E-state index contributed by atoms with van der Waals surface area (Å²) >= 11 is 0. The monoisotopic (exact) mass is 354 g/mol. The highest BCUT2D eigenvalue weighted by Gasteiger charge is 2.18. The van der Waals surface area contributed by atoms with Gasteiger partial charge in [0.25, 0.3) is 0 Å². The fraction of sp³-hybridized carbons (Fsp3) is 0.200. The molecular formula is C25H26N2. The SMILES string of the molecule is C=Cc1ccc(C2=C(c3ccc4c(c3)NCN4C)C=CCC(=C)C2)cc1C. The second-order valence-electron chi connectivity index (χ2n) is 7.47. The number of nitrogens with one attached hydrogen (secondary N) is 1. The van der Waals surface area contributed by atoms with Gasteiger partial charge in [-0.05, 0) is 65.3 Å². The maximum atomic E-state index is 4.28. The average molecular weight is 354 g/mol. The van der Waals surface area contributed by atoms with Gasteiger partial charge in [-0.25, -0.2) is 0 Å². The maximum Gasteiger partial charge on any atom is 0.0874 e. The van der Waals surface area contributed by atoms with Crippen molar-refractivity contribution in [3.63, 3.8) is 0 Å². The van der Waals surface area contributed by atoms with Crippen LogP contribution in [-0.2, 0) is 0 Å². The lowest BCUT2D eigenvalue weighted by atomic mass is 9.89. The van der Waals surface area contributed by atoms with Gasteiger partial charge in [-0.15, -0.1) is 0 Å². The molecule has 0 saturated heterocycles. The lowest BCUT2D eigenvalue weighted by Gasteiger charge is -2.16. The Morgan fingerprint density at radius 2 is 1.93 bits per heavy atom. The highest BCUT2D eigenvalue weighted by molar-refractivity contribution is 5.98. The predicted molar refractivity (Wildman–Crippen MR) is 119 cm³/mol. The van der Waals surface area contributed by atoms with E-state index < -0.39 is 0 Å². The Kier molecular flexibility index (Phi) is 4.49. The van der Waals surface area contributed by atoms with Crippen LogP contribution in [0.3, 0.4) is 0 Å². The number of benzene rings is 2. The molecule has 27 heavy (non-hydrogen) atoms. The molecule has 0 radical (unpaired) electrons. The van der Waals surface area contributed by atoms with Crippen molar-refractivity contribution in [3.05, 3.63) is 89.5 Å². The molecule has 1 heterocycles. The Morgan fingerprint density at radius 1 is 1.11 bits per heavy atom. The molecule has 0 spiro atoms. The molecule has 0 unspecified atom stereocenters. The highest BCUT2D eigenvalue weighted by Crippen LogP contribution is 2.39. The Bertz CT molecular complexity index is 991. The van der Waals surface area contributed by atoms with Gasteiger partial charge in [-0.2, -0.15) is 0 Å². The summed E-state index contributed by atoms with van der Waals surface area (Å²) in [6.45, 7) is 11.2. The second kappa shape index (κ2) is 6.96. The normalized spacial score (nSPS) is 16.2. The summed E-state index contributed by atoms with van der Waals surface area (Å²) in [4.78, 5) is 2.23. The van der Waals surface area contributed by atoms with E-state index in [1.165, 1.54) is 50.3 Å². The summed E-state index contributed by atoms with van der Waals surface area (Å²) in [6, 6.07) is 13.4. The number of hydrogen-bond acceptors (Lipinski definition) is 2. The quantitative estimate of drug-likeness (QED) is 0.653. The Hall–Kier alpha value is -3.00. The number of nitrogens with zero attached hydrogens (tertiary/aromatic N) is 1. The van der Waals surface area contributed by atoms with Crippen LogP contribution in [0.1, 0.15) is 35.1 Å². The summed E-state index contributed by atoms with van der Waals surface area (Å²) in [6.07, 6.45) is 8.26. The summed E-state index contributed by atoms with van der Waals surface area (Å²) in [5.74, 6) is 0. The first kappa shape index (κ1) is 17.4. The predicted octanol–water partition coefficient (Wildman–Crippen LogP) is 6.27. The highest BCUT2D eigenvalue weighted by atomic mass is 15.3. The molecule has 0 saturated carbocycles. The number of allylic oxidation sites excluding steroid dienone is 5. The van der Waals surface area contributed by atoms with Crippen LogP contribution in [0.15, 0.2) is 67.3 Å². The first-order valence-electron chi connectivity index (χ1n) is 9.46. The lowest BCUT2D eigenvalue weighted by Crippen LogP contribution is -2.15. The van der Waals surface area contributed by atoms with Gasteiger partial charge < -0.3 is 10.2 Å². The van der Waals surface area contributed by atoms with Crippen LogP contribution >= 0.6 is 0 Å². The van der Waals surface area contributed by atoms with Crippen molar-refractivity contribution in [2.75, 3.05) is 23.9 Å². The smallest absolute Gasteiger partial charge is 0.0874 e. The van der Waals surface area contributed by atoms with Gasteiger partial charge in [0, 0.05) is 7.05 Å². The number of fused-ring (bicyclic) bond motifs is 1. The van der Waals surface area contributed by atoms with Gasteiger partial charge in [0.05, 0.1) is 18.0 Å². The maximum absolute atomic E-state index is 4.28. The zero-order valence-corrected chi connectivity index (χ0v) is 16.2. The minimum absolute atomic E-state index is 0.861. The van der Waals surface area contributed by atoms with Gasteiger partial charge in [0.2, 0.25) is 0 Å². The molecule has 136 valence electrons. The number of anilines is 2. The first-order valence-corrected chi connectivity index (χ1v) is 9.46. The van der Waals surface area contributed by atoms with Crippen LogP contribution in [-0.4, -0.2) is 13.7 Å². The number of rotatable bonds is 3. The van der Waals surface area contributed by atoms with Crippen LogP contribution in [0, 0.1) is 6.92 Å². The molecule has 0 aromatic heterocycles. The molecule has 1 aliphatic heterocycles. The van der Waals surface area contributed by atoms with Crippen LogP contribution in [0.2, 0.25) is 0 Å². The third-order valence-corrected chi connectivity index (χ3v) is 5.51. The zero-order valence-electron chi connectivity index (χ0n) is 16.2. The van der Waals surface area contributed by atoms with E-state index in [1.807, 2.05) is 6.08 Å². The minimum Gasteiger partial charge on any atom is -0.366 e. The van der Waals surface area contributed by atoms with Crippen molar-refractivity contribution in [1.29, 1.82) is 0 Å². The van der Waals surface area contributed by atoms with E-state index in [-0.39, 0.29) is 0 Å². The Balaban J connectivity index is 1.87. The van der Waals surface area contributed by atoms with Gasteiger partial charge in [0.15, 0.2) is 0 Å².